The highest BCUT2D eigenvalue weighted by Gasteiger charge is 2.38. The number of hydrogen-bond acceptors (Lipinski definition) is 2. The van der Waals surface area contributed by atoms with Gasteiger partial charge in [-0.25, -0.2) is 4.79 Å². The average molecular weight is 349 g/mol. The molecule has 0 atom stereocenters. The van der Waals surface area contributed by atoms with E-state index in [2.05, 4.69) is 15.9 Å². The Labute approximate surface area is 119 Å². The number of rotatable bonds is 2. The first-order valence-electron chi connectivity index (χ1n) is 5.85. The SMILES string of the molecule is O=C(O)c1oc2c(C(F)(F)F)cc(C3CC3)cc2c1Br. The van der Waals surface area contributed by atoms with Gasteiger partial charge in [0, 0.05) is 5.39 Å². The molecule has 1 heterocycles. The van der Waals surface area contributed by atoms with Crippen molar-refractivity contribution in [2.24, 2.45) is 0 Å². The third-order valence-electron chi connectivity index (χ3n) is 3.30. The van der Waals surface area contributed by atoms with Gasteiger partial charge in [0.15, 0.2) is 0 Å². The molecular weight excluding hydrogens is 341 g/mol. The Hall–Kier alpha value is -1.50. The van der Waals surface area contributed by atoms with Crippen molar-refractivity contribution in [2.75, 3.05) is 0 Å². The number of alkyl halides is 3. The molecule has 0 unspecified atom stereocenters. The monoisotopic (exact) mass is 348 g/mol. The molecule has 1 N–H and O–H groups in total. The van der Waals surface area contributed by atoms with Gasteiger partial charge in [0.25, 0.3) is 0 Å². The second-order valence-corrected chi connectivity index (χ2v) is 5.56. The molecule has 0 bridgehead atoms. The van der Waals surface area contributed by atoms with Crippen molar-refractivity contribution in [3.05, 3.63) is 33.5 Å². The Morgan fingerprint density at radius 2 is 2.00 bits per heavy atom. The van der Waals surface area contributed by atoms with Crippen molar-refractivity contribution in [1.82, 2.24) is 0 Å². The predicted molar refractivity (Wildman–Crippen MR) is 67.9 cm³/mol. The van der Waals surface area contributed by atoms with Crippen molar-refractivity contribution in [2.45, 2.75) is 24.9 Å². The molecule has 106 valence electrons. The van der Waals surface area contributed by atoms with E-state index in [0.717, 1.165) is 18.9 Å². The van der Waals surface area contributed by atoms with Crippen LogP contribution in [0.1, 0.15) is 40.4 Å². The minimum absolute atomic E-state index is 0.0491. The number of halogens is 4. The molecule has 1 saturated carbocycles. The van der Waals surface area contributed by atoms with Crippen LogP contribution in [0.25, 0.3) is 11.0 Å². The Morgan fingerprint density at radius 3 is 2.50 bits per heavy atom. The van der Waals surface area contributed by atoms with E-state index in [1.165, 1.54) is 0 Å². The van der Waals surface area contributed by atoms with Gasteiger partial charge in [-0.1, -0.05) is 0 Å². The first-order valence-corrected chi connectivity index (χ1v) is 6.64. The zero-order valence-electron chi connectivity index (χ0n) is 9.92. The van der Waals surface area contributed by atoms with Crippen LogP contribution in [-0.2, 0) is 6.18 Å². The number of hydrogen-bond donors (Lipinski definition) is 1. The lowest BCUT2D eigenvalue weighted by Gasteiger charge is -2.09. The Balaban J connectivity index is 2.34. The van der Waals surface area contributed by atoms with Gasteiger partial charge in [0.1, 0.15) is 5.58 Å². The van der Waals surface area contributed by atoms with Crippen molar-refractivity contribution in [3.8, 4) is 0 Å². The Morgan fingerprint density at radius 1 is 1.35 bits per heavy atom. The van der Waals surface area contributed by atoms with Crippen LogP contribution in [0.4, 0.5) is 13.2 Å². The topological polar surface area (TPSA) is 50.4 Å². The summed E-state index contributed by atoms with van der Waals surface area (Å²) in [4.78, 5) is 11.0. The summed E-state index contributed by atoms with van der Waals surface area (Å²) in [5.74, 6) is -1.80. The van der Waals surface area contributed by atoms with Crippen LogP contribution < -0.4 is 0 Å². The lowest BCUT2D eigenvalue weighted by Crippen LogP contribution is -2.06. The van der Waals surface area contributed by atoms with Gasteiger partial charge < -0.3 is 9.52 Å². The third-order valence-corrected chi connectivity index (χ3v) is 4.09. The van der Waals surface area contributed by atoms with E-state index in [9.17, 15) is 18.0 Å². The number of carbonyl (C=O) groups is 1. The van der Waals surface area contributed by atoms with Crippen LogP contribution in [0.3, 0.4) is 0 Å². The van der Waals surface area contributed by atoms with Crippen molar-refractivity contribution in [1.29, 1.82) is 0 Å². The summed E-state index contributed by atoms with van der Waals surface area (Å²) in [6, 6.07) is 2.63. The number of carboxylic acids is 1. The zero-order valence-corrected chi connectivity index (χ0v) is 11.5. The fourth-order valence-electron chi connectivity index (χ4n) is 2.19. The highest BCUT2D eigenvalue weighted by Crippen LogP contribution is 2.46. The van der Waals surface area contributed by atoms with Crippen LogP contribution in [0.5, 0.6) is 0 Å². The maximum Gasteiger partial charge on any atom is 0.420 e. The third kappa shape index (κ3) is 2.09. The average Bonchev–Trinajstić information content (AvgIpc) is 3.12. The molecule has 0 aliphatic heterocycles. The van der Waals surface area contributed by atoms with Gasteiger partial charge in [-0.2, -0.15) is 13.2 Å². The Bertz CT molecular complexity index is 714. The van der Waals surface area contributed by atoms with Crippen LogP contribution in [0.2, 0.25) is 0 Å². The van der Waals surface area contributed by atoms with E-state index in [4.69, 9.17) is 9.52 Å². The van der Waals surface area contributed by atoms with E-state index in [-0.39, 0.29) is 15.8 Å². The summed E-state index contributed by atoms with van der Waals surface area (Å²) in [7, 11) is 0. The maximum absolute atomic E-state index is 13.1. The molecule has 1 aliphatic rings. The van der Waals surface area contributed by atoms with E-state index >= 15 is 0 Å². The second kappa shape index (κ2) is 4.25. The lowest BCUT2D eigenvalue weighted by atomic mass is 10.0. The van der Waals surface area contributed by atoms with Crippen molar-refractivity contribution in [3.63, 3.8) is 0 Å². The normalized spacial score (nSPS) is 15.8. The summed E-state index contributed by atoms with van der Waals surface area (Å²) in [6.45, 7) is 0. The van der Waals surface area contributed by atoms with E-state index in [0.29, 0.717) is 5.56 Å². The highest BCUT2D eigenvalue weighted by atomic mass is 79.9. The van der Waals surface area contributed by atoms with Crippen molar-refractivity contribution >= 4 is 32.9 Å². The molecular formula is C13H8BrF3O3. The van der Waals surface area contributed by atoms with Crippen LogP contribution in [0, 0.1) is 0 Å². The Kier molecular flexibility index (Phi) is 2.86. The zero-order chi connectivity index (χ0) is 14.7. The molecule has 1 aromatic carbocycles. The molecule has 0 spiro atoms. The van der Waals surface area contributed by atoms with Crippen LogP contribution in [0.15, 0.2) is 21.0 Å². The van der Waals surface area contributed by atoms with Gasteiger partial charge in [-0.05, 0) is 52.4 Å². The van der Waals surface area contributed by atoms with Gasteiger partial charge in [0.05, 0.1) is 10.0 Å². The van der Waals surface area contributed by atoms with E-state index in [1.807, 2.05) is 0 Å². The molecule has 3 rings (SSSR count). The summed E-state index contributed by atoms with van der Waals surface area (Å²) >= 11 is 3.02. The number of carboxylic acid groups (broad SMARTS) is 1. The van der Waals surface area contributed by atoms with Crippen molar-refractivity contribution < 1.29 is 27.5 Å². The fraction of sp³-hybridized carbons (Fsp3) is 0.308. The van der Waals surface area contributed by atoms with Crippen LogP contribution >= 0.6 is 15.9 Å². The molecule has 0 amide bonds. The highest BCUT2D eigenvalue weighted by molar-refractivity contribution is 9.10. The molecule has 7 heteroatoms. The number of aromatic carboxylic acids is 1. The molecule has 20 heavy (non-hydrogen) atoms. The largest absolute Gasteiger partial charge is 0.475 e. The molecule has 1 aromatic heterocycles. The predicted octanol–water partition coefficient (Wildman–Crippen LogP) is 4.79. The second-order valence-electron chi connectivity index (χ2n) is 4.77. The maximum atomic E-state index is 13.1. The molecule has 0 radical (unpaired) electrons. The number of benzene rings is 1. The number of fused-ring (bicyclic) bond motifs is 1. The van der Waals surface area contributed by atoms with E-state index in [1.54, 1.807) is 6.07 Å². The first-order chi connectivity index (χ1) is 9.29. The minimum Gasteiger partial charge on any atom is -0.475 e. The molecule has 2 aromatic rings. The minimum atomic E-state index is -4.59. The van der Waals surface area contributed by atoms with Gasteiger partial charge in [0.2, 0.25) is 5.76 Å². The van der Waals surface area contributed by atoms with E-state index < -0.39 is 29.1 Å². The summed E-state index contributed by atoms with van der Waals surface area (Å²) in [5, 5.41) is 9.10. The quantitative estimate of drug-likeness (QED) is 0.848. The molecule has 3 nitrogen and oxygen atoms in total. The molecule has 1 fully saturated rings. The summed E-state index contributed by atoms with van der Waals surface area (Å²) in [6.07, 6.45) is -2.88. The number of furan rings is 1. The standard InChI is InChI=1S/C13H8BrF3O3/c14-9-7-3-6(5-1-2-5)4-8(13(15,16)17)10(7)20-11(9)12(18)19/h3-5H,1-2H2,(H,18,19). The van der Waals surface area contributed by atoms with Gasteiger partial charge >= 0.3 is 12.1 Å². The van der Waals surface area contributed by atoms with Crippen LogP contribution in [-0.4, -0.2) is 11.1 Å². The smallest absolute Gasteiger partial charge is 0.420 e. The molecule has 1 aliphatic carbocycles. The summed E-state index contributed by atoms with van der Waals surface area (Å²) < 4.78 is 44.3. The fourth-order valence-corrected chi connectivity index (χ4v) is 2.74. The van der Waals surface area contributed by atoms with Gasteiger partial charge in [-0.15, -0.1) is 0 Å². The lowest BCUT2D eigenvalue weighted by molar-refractivity contribution is -0.136. The molecule has 0 saturated heterocycles. The van der Waals surface area contributed by atoms with Gasteiger partial charge in [-0.3, -0.25) is 0 Å². The summed E-state index contributed by atoms with van der Waals surface area (Å²) in [5.41, 5.74) is -0.792. The first kappa shape index (κ1) is 13.5.